The van der Waals surface area contributed by atoms with Crippen molar-refractivity contribution in [3.63, 3.8) is 0 Å². The van der Waals surface area contributed by atoms with Crippen molar-refractivity contribution in [1.82, 2.24) is 9.55 Å². The maximum absolute atomic E-state index is 13.7. The Hall–Kier alpha value is -2.37. The van der Waals surface area contributed by atoms with Gasteiger partial charge >= 0.3 is 5.97 Å². The number of ether oxygens (including phenoxy) is 1. The van der Waals surface area contributed by atoms with Crippen molar-refractivity contribution in [3.8, 4) is 5.75 Å². The highest BCUT2D eigenvalue weighted by Gasteiger charge is 2.15. The number of halogens is 1. The van der Waals surface area contributed by atoms with Crippen molar-refractivity contribution < 1.29 is 19.0 Å². The molecular formula is C13H13FN2O3. The lowest BCUT2D eigenvalue weighted by atomic mass is 10.2. The molecule has 0 bridgehead atoms. The Labute approximate surface area is 109 Å². The lowest BCUT2D eigenvalue weighted by Crippen LogP contribution is -2.10. The number of aromatic nitrogens is 2. The third-order valence-electron chi connectivity index (χ3n) is 2.70. The van der Waals surface area contributed by atoms with E-state index in [0.29, 0.717) is 5.82 Å². The van der Waals surface area contributed by atoms with E-state index in [2.05, 4.69) is 4.98 Å². The molecule has 1 aromatic carbocycles. The second kappa shape index (κ2) is 5.09. The van der Waals surface area contributed by atoms with Gasteiger partial charge in [-0.3, -0.25) is 0 Å². The number of benzene rings is 1. The normalized spacial score (nSPS) is 12.2. The van der Waals surface area contributed by atoms with Crippen LogP contribution in [0.3, 0.4) is 0 Å². The van der Waals surface area contributed by atoms with Crippen LogP contribution in [0.1, 0.15) is 29.2 Å². The Morgan fingerprint density at radius 2 is 2.26 bits per heavy atom. The summed E-state index contributed by atoms with van der Waals surface area (Å²) in [4.78, 5) is 14.8. The fraction of sp³-hybridized carbons (Fsp3) is 0.231. The Morgan fingerprint density at radius 3 is 2.79 bits per heavy atom. The van der Waals surface area contributed by atoms with Gasteiger partial charge in [0.15, 0.2) is 17.7 Å². The largest absolute Gasteiger partial charge is 0.480 e. The zero-order valence-electron chi connectivity index (χ0n) is 10.5. The molecule has 0 spiro atoms. The minimum Gasteiger partial charge on any atom is -0.480 e. The van der Waals surface area contributed by atoms with Gasteiger partial charge in [-0.2, -0.15) is 0 Å². The van der Waals surface area contributed by atoms with E-state index in [9.17, 15) is 9.18 Å². The number of hydrogen-bond acceptors (Lipinski definition) is 3. The van der Waals surface area contributed by atoms with Crippen LogP contribution in [0.2, 0.25) is 0 Å². The predicted octanol–water partition coefficient (Wildman–Crippen LogP) is 2.40. The topological polar surface area (TPSA) is 64.3 Å². The van der Waals surface area contributed by atoms with Gasteiger partial charge in [0.25, 0.3) is 0 Å². The van der Waals surface area contributed by atoms with Gasteiger partial charge in [0.1, 0.15) is 5.82 Å². The van der Waals surface area contributed by atoms with Gasteiger partial charge in [0.05, 0.1) is 5.56 Å². The van der Waals surface area contributed by atoms with E-state index in [-0.39, 0.29) is 11.3 Å². The van der Waals surface area contributed by atoms with E-state index in [0.717, 1.165) is 6.07 Å². The van der Waals surface area contributed by atoms with Crippen LogP contribution in [-0.2, 0) is 7.05 Å². The van der Waals surface area contributed by atoms with Crippen LogP contribution in [0.15, 0.2) is 30.6 Å². The number of aromatic carboxylic acids is 1. The number of rotatable bonds is 4. The highest BCUT2D eigenvalue weighted by Crippen LogP contribution is 2.24. The molecular weight excluding hydrogens is 251 g/mol. The van der Waals surface area contributed by atoms with Crippen LogP contribution in [0, 0.1) is 5.82 Å². The average Bonchev–Trinajstić information content (AvgIpc) is 2.77. The number of imidazole rings is 1. The predicted molar refractivity (Wildman–Crippen MR) is 65.6 cm³/mol. The van der Waals surface area contributed by atoms with E-state index in [1.54, 1.807) is 23.9 Å². The van der Waals surface area contributed by atoms with E-state index in [1.807, 2.05) is 7.05 Å². The van der Waals surface area contributed by atoms with Crippen LogP contribution < -0.4 is 4.74 Å². The van der Waals surface area contributed by atoms with E-state index in [4.69, 9.17) is 9.84 Å². The number of aryl methyl sites for hydroxylation is 1. The summed E-state index contributed by atoms with van der Waals surface area (Å²) < 4.78 is 20.9. The SMILES string of the molecule is CC(Oc1ccc(C(=O)O)cc1F)c1nccn1C. The molecule has 2 rings (SSSR count). The molecule has 0 radical (unpaired) electrons. The van der Waals surface area contributed by atoms with Gasteiger partial charge in [0.2, 0.25) is 0 Å². The van der Waals surface area contributed by atoms with Gasteiger partial charge in [-0.25, -0.2) is 14.2 Å². The third-order valence-corrected chi connectivity index (χ3v) is 2.70. The maximum Gasteiger partial charge on any atom is 0.335 e. The molecule has 0 saturated heterocycles. The fourth-order valence-corrected chi connectivity index (χ4v) is 1.74. The first-order chi connectivity index (χ1) is 8.99. The highest BCUT2D eigenvalue weighted by atomic mass is 19.1. The van der Waals surface area contributed by atoms with E-state index >= 15 is 0 Å². The van der Waals surface area contributed by atoms with Crippen molar-refractivity contribution in [2.45, 2.75) is 13.0 Å². The molecule has 2 aromatic rings. The van der Waals surface area contributed by atoms with Gasteiger partial charge in [-0.15, -0.1) is 0 Å². The Morgan fingerprint density at radius 1 is 1.53 bits per heavy atom. The summed E-state index contributed by atoms with van der Waals surface area (Å²) in [5.41, 5.74) is -0.116. The molecule has 1 aromatic heterocycles. The molecule has 19 heavy (non-hydrogen) atoms. The molecule has 0 aliphatic heterocycles. The molecule has 1 atom stereocenters. The lowest BCUT2D eigenvalue weighted by molar-refractivity contribution is 0.0696. The number of hydrogen-bond donors (Lipinski definition) is 1. The number of carbonyl (C=O) groups is 1. The van der Waals surface area contributed by atoms with Crippen LogP contribution in [0.4, 0.5) is 4.39 Å². The minimum atomic E-state index is -1.18. The van der Waals surface area contributed by atoms with Crippen molar-refractivity contribution in [2.75, 3.05) is 0 Å². The highest BCUT2D eigenvalue weighted by molar-refractivity contribution is 5.87. The molecule has 1 N–H and O–H groups in total. The molecule has 0 aliphatic rings. The van der Waals surface area contributed by atoms with Crippen molar-refractivity contribution in [1.29, 1.82) is 0 Å². The Kier molecular flexibility index (Phi) is 3.50. The second-order valence-corrected chi connectivity index (χ2v) is 4.11. The monoisotopic (exact) mass is 264 g/mol. The molecule has 6 heteroatoms. The quantitative estimate of drug-likeness (QED) is 0.920. The van der Waals surface area contributed by atoms with Crippen molar-refractivity contribution in [2.24, 2.45) is 7.05 Å². The molecule has 1 heterocycles. The van der Waals surface area contributed by atoms with Gasteiger partial charge in [-0.05, 0) is 25.1 Å². The third kappa shape index (κ3) is 2.73. The van der Waals surface area contributed by atoms with Crippen molar-refractivity contribution >= 4 is 5.97 Å². The molecule has 0 aliphatic carbocycles. The van der Waals surface area contributed by atoms with E-state index < -0.39 is 17.9 Å². The lowest BCUT2D eigenvalue weighted by Gasteiger charge is -2.15. The average molecular weight is 264 g/mol. The van der Waals surface area contributed by atoms with Gasteiger partial charge < -0.3 is 14.4 Å². The van der Waals surface area contributed by atoms with Crippen LogP contribution in [0.25, 0.3) is 0 Å². The first kappa shape index (κ1) is 13.1. The summed E-state index contributed by atoms with van der Waals surface area (Å²) in [6, 6.07) is 3.53. The van der Waals surface area contributed by atoms with Crippen LogP contribution in [-0.4, -0.2) is 20.6 Å². The van der Waals surface area contributed by atoms with Crippen LogP contribution in [0.5, 0.6) is 5.75 Å². The molecule has 100 valence electrons. The Balaban J connectivity index is 2.20. The molecule has 5 nitrogen and oxygen atoms in total. The van der Waals surface area contributed by atoms with Crippen LogP contribution >= 0.6 is 0 Å². The standard InChI is InChI=1S/C13H13FN2O3/c1-8(12-15-5-6-16(12)2)19-11-4-3-9(13(17)18)7-10(11)14/h3-8H,1-2H3,(H,17,18). The Bertz CT molecular complexity index is 610. The summed E-state index contributed by atoms with van der Waals surface area (Å²) in [5, 5.41) is 8.75. The zero-order chi connectivity index (χ0) is 14.0. The molecule has 0 fully saturated rings. The second-order valence-electron chi connectivity index (χ2n) is 4.11. The summed E-state index contributed by atoms with van der Waals surface area (Å²) >= 11 is 0. The fourth-order valence-electron chi connectivity index (χ4n) is 1.74. The van der Waals surface area contributed by atoms with Gasteiger partial charge in [-0.1, -0.05) is 0 Å². The maximum atomic E-state index is 13.7. The summed E-state index contributed by atoms with van der Waals surface area (Å²) in [5.74, 6) is -1.23. The summed E-state index contributed by atoms with van der Waals surface area (Å²) in [6.45, 7) is 1.74. The minimum absolute atomic E-state index is 0.000463. The first-order valence-electron chi connectivity index (χ1n) is 5.65. The zero-order valence-corrected chi connectivity index (χ0v) is 10.5. The van der Waals surface area contributed by atoms with Gasteiger partial charge in [0, 0.05) is 19.4 Å². The number of nitrogens with zero attached hydrogens (tertiary/aromatic N) is 2. The van der Waals surface area contributed by atoms with Crippen molar-refractivity contribution in [3.05, 3.63) is 47.8 Å². The number of carboxylic acid groups (broad SMARTS) is 1. The number of carboxylic acids is 1. The summed E-state index contributed by atoms with van der Waals surface area (Å²) in [6.07, 6.45) is 2.95. The van der Waals surface area contributed by atoms with E-state index in [1.165, 1.54) is 12.1 Å². The summed E-state index contributed by atoms with van der Waals surface area (Å²) in [7, 11) is 1.81. The molecule has 1 unspecified atom stereocenters. The first-order valence-corrected chi connectivity index (χ1v) is 5.65. The molecule has 0 amide bonds. The molecule has 0 saturated carbocycles. The smallest absolute Gasteiger partial charge is 0.335 e.